The van der Waals surface area contributed by atoms with Gasteiger partial charge in [-0.05, 0) is 43.4 Å². The molecule has 0 heterocycles. The molecule has 2 rings (SSSR count). The summed E-state index contributed by atoms with van der Waals surface area (Å²) in [6, 6.07) is 5.90. The molecule has 0 radical (unpaired) electrons. The first kappa shape index (κ1) is 14.4. The topological polar surface area (TPSA) is 41.5 Å². The van der Waals surface area contributed by atoms with Crippen LogP contribution in [-0.2, 0) is 0 Å². The number of aliphatic hydroxyl groups is 1. The number of aliphatic hydroxyl groups excluding tert-OH is 1. The van der Waals surface area contributed by atoms with E-state index in [1.807, 2.05) is 25.1 Å². The van der Waals surface area contributed by atoms with Gasteiger partial charge in [0.05, 0.1) is 13.2 Å². The summed E-state index contributed by atoms with van der Waals surface area (Å²) < 4.78 is 5.31. The Labute approximate surface area is 116 Å². The van der Waals surface area contributed by atoms with Crippen LogP contribution in [0.3, 0.4) is 0 Å². The summed E-state index contributed by atoms with van der Waals surface area (Å²) in [7, 11) is 1.64. The van der Waals surface area contributed by atoms with Crippen molar-refractivity contribution in [3.8, 4) is 5.75 Å². The maximum atomic E-state index is 10.3. The summed E-state index contributed by atoms with van der Waals surface area (Å²) in [5.74, 6) is 1.51. The van der Waals surface area contributed by atoms with Gasteiger partial charge in [0.15, 0.2) is 0 Å². The average molecular weight is 263 g/mol. The van der Waals surface area contributed by atoms with Crippen LogP contribution < -0.4 is 10.1 Å². The fraction of sp³-hybridized carbons (Fsp3) is 0.625. The molecular formula is C16H25NO2. The molecule has 0 aliphatic heterocycles. The molecule has 0 bridgehead atoms. The molecule has 1 saturated carbocycles. The minimum atomic E-state index is -0.517. The Bertz CT molecular complexity index is 442. The van der Waals surface area contributed by atoms with Crippen LogP contribution >= 0.6 is 0 Å². The van der Waals surface area contributed by atoms with Crippen molar-refractivity contribution in [1.29, 1.82) is 0 Å². The molecule has 0 saturated heterocycles. The number of methoxy groups -OCH3 is 1. The first-order valence-electron chi connectivity index (χ1n) is 6.97. The highest BCUT2D eigenvalue weighted by Gasteiger charge is 2.44. The van der Waals surface area contributed by atoms with E-state index in [1.54, 1.807) is 7.11 Å². The van der Waals surface area contributed by atoms with E-state index in [4.69, 9.17) is 4.74 Å². The summed E-state index contributed by atoms with van der Waals surface area (Å²) in [5.41, 5.74) is 2.49. The van der Waals surface area contributed by atoms with Gasteiger partial charge in [0.2, 0.25) is 0 Å². The van der Waals surface area contributed by atoms with Crippen molar-refractivity contribution in [3.63, 3.8) is 0 Å². The molecule has 19 heavy (non-hydrogen) atoms. The van der Waals surface area contributed by atoms with Gasteiger partial charge >= 0.3 is 0 Å². The third kappa shape index (κ3) is 3.48. The number of aryl methyl sites for hydroxylation is 1. The van der Waals surface area contributed by atoms with E-state index >= 15 is 0 Å². The molecule has 1 aromatic carbocycles. The first-order chi connectivity index (χ1) is 8.94. The van der Waals surface area contributed by atoms with E-state index in [2.05, 4.69) is 19.2 Å². The zero-order valence-electron chi connectivity index (χ0n) is 12.4. The first-order valence-corrected chi connectivity index (χ1v) is 6.97. The van der Waals surface area contributed by atoms with Gasteiger partial charge in [-0.1, -0.05) is 25.5 Å². The fourth-order valence-corrected chi connectivity index (χ4v) is 2.54. The molecule has 0 amide bonds. The Kier molecular flexibility index (Phi) is 4.16. The van der Waals surface area contributed by atoms with E-state index in [-0.39, 0.29) is 0 Å². The van der Waals surface area contributed by atoms with Gasteiger partial charge in [0.25, 0.3) is 0 Å². The molecule has 106 valence electrons. The van der Waals surface area contributed by atoms with Gasteiger partial charge in [-0.3, -0.25) is 0 Å². The van der Waals surface area contributed by atoms with Gasteiger partial charge < -0.3 is 15.2 Å². The van der Waals surface area contributed by atoms with Crippen molar-refractivity contribution in [2.45, 2.75) is 33.3 Å². The average Bonchev–Trinajstić information content (AvgIpc) is 2.96. The van der Waals surface area contributed by atoms with E-state index in [0.29, 0.717) is 12.0 Å². The Balaban J connectivity index is 1.88. The number of rotatable bonds is 6. The van der Waals surface area contributed by atoms with Crippen molar-refractivity contribution in [3.05, 3.63) is 29.3 Å². The van der Waals surface area contributed by atoms with Crippen LogP contribution in [-0.4, -0.2) is 25.3 Å². The van der Waals surface area contributed by atoms with Gasteiger partial charge in [0.1, 0.15) is 5.75 Å². The standard InChI is InChI=1S/C16H25NO2/c1-11-5-6-15(19-4)13(7-11)14(18)10-17-9-12-8-16(12,2)3/h5-7,12,14,17-18H,8-10H2,1-4H3. The predicted octanol–water partition coefficient (Wildman–Crippen LogP) is 2.67. The third-order valence-electron chi connectivity index (χ3n) is 4.19. The Hall–Kier alpha value is -1.06. The van der Waals surface area contributed by atoms with E-state index in [9.17, 15) is 5.11 Å². The lowest BCUT2D eigenvalue weighted by molar-refractivity contribution is 0.169. The van der Waals surface area contributed by atoms with E-state index in [1.165, 1.54) is 6.42 Å². The number of benzene rings is 1. The molecule has 3 nitrogen and oxygen atoms in total. The van der Waals surface area contributed by atoms with Crippen LogP contribution in [0.25, 0.3) is 0 Å². The number of hydrogen-bond donors (Lipinski definition) is 2. The summed E-state index contributed by atoms with van der Waals surface area (Å²) in [4.78, 5) is 0. The fourth-order valence-electron chi connectivity index (χ4n) is 2.54. The molecular weight excluding hydrogens is 238 g/mol. The highest BCUT2D eigenvalue weighted by molar-refractivity contribution is 5.38. The molecule has 2 N–H and O–H groups in total. The van der Waals surface area contributed by atoms with Crippen LogP contribution in [0.4, 0.5) is 0 Å². The van der Waals surface area contributed by atoms with Crippen LogP contribution in [0.15, 0.2) is 18.2 Å². The van der Waals surface area contributed by atoms with E-state index < -0.39 is 6.10 Å². The van der Waals surface area contributed by atoms with E-state index in [0.717, 1.165) is 29.3 Å². The Morgan fingerprint density at radius 1 is 1.47 bits per heavy atom. The quantitative estimate of drug-likeness (QED) is 0.829. The van der Waals surface area contributed by atoms with Crippen molar-refractivity contribution >= 4 is 0 Å². The van der Waals surface area contributed by atoms with Crippen LogP contribution in [0.1, 0.15) is 37.5 Å². The van der Waals surface area contributed by atoms with Crippen molar-refractivity contribution in [2.75, 3.05) is 20.2 Å². The summed E-state index contributed by atoms with van der Waals surface area (Å²) in [5, 5.41) is 13.6. The molecule has 3 heteroatoms. The van der Waals surface area contributed by atoms with Gasteiger partial charge in [0, 0.05) is 12.1 Å². The second-order valence-corrected chi connectivity index (χ2v) is 6.31. The maximum Gasteiger partial charge on any atom is 0.124 e. The number of ether oxygens (including phenoxy) is 1. The van der Waals surface area contributed by atoms with Crippen LogP contribution in [0.5, 0.6) is 5.75 Å². The minimum absolute atomic E-state index is 0.485. The lowest BCUT2D eigenvalue weighted by Gasteiger charge is -2.16. The molecule has 1 aliphatic rings. The zero-order valence-corrected chi connectivity index (χ0v) is 12.4. The molecule has 1 fully saturated rings. The number of nitrogens with one attached hydrogen (secondary N) is 1. The minimum Gasteiger partial charge on any atom is -0.496 e. The van der Waals surface area contributed by atoms with Gasteiger partial charge in [-0.25, -0.2) is 0 Å². The molecule has 0 spiro atoms. The lowest BCUT2D eigenvalue weighted by Crippen LogP contribution is -2.25. The summed E-state index contributed by atoms with van der Waals surface area (Å²) in [6.07, 6.45) is 0.765. The van der Waals surface area contributed by atoms with Crippen molar-refractivity contribution in [2.24, 2.45) is 11.3 Å². The van der Waals surface area contributed by atoms with Gasteiger partial charge in [-0.2, -0.15) is 0 Å². The lowest BCUT2D eigenvalue weighted by atomic mass is 10.0. The third-order valence-corrected chi connectivity index (χ3v) is 4.19. The Morgan fingerprint density at radius 2 is 2.16 bits per heavy atom. The molecule has 1 aromatic rings. The van der Waals surface area contributed by atoms with Crippen LogP contribution in [0, 0.1) is 18.3 Å². The smallest absolute Gasteiger partial charge is 0.124 e. The number of hydrogen-bond acceptors (Lipinski definition) is 3. The van der Waals surface area contributed by atoms with Crippen LogP contribution in [0.2, 0.25) is 0 Å². The Morgan fingerprint density at radius 3 is 2.74 bits per heavy atom. The monoisotopic (exact) mass is 263 g/mol. The second-order valence-electron chi connectivity index (χ2n) is 6.31. The maximum absolute atomic E-state index is 10.3. The highest BCUT2D eigenvalue weighted by Crippen LogP contribution is 2.50. The predicted molar refractivity (Wildman–Crippen MR) is 77.4 cm³/mol. The van der Waals surface area contributed by atoms with Crippen molar-refractivity contribution < 1.29 is 9.84 Å². The summed E-state index contributed by atoms with van der Waals surface area (Å²) in [6.45, 7) is 8.17. The molecule has 2 atom stereocenters. The normalized spacial score (nSPS) is 22.1. The largest absolute Gasteiger partial charge is 0.496 e. The molecule has 1 aliphatic carbocycles. The zero-order chi connectivity index (χ0) is 14.0. The summed E-state index contributed by atoms with van der Waals surface area (Å²) >= 11 is 0. The molecule has 2 unspecified atom stereocenters. The van der Waals surface area contributed by atoms with Crippen molar-refractivity contribution in [1.82, 2.24) is 5.32 Å². The SMILES string of the molecule is COc1ccc(C)cc1C(O)CNCC1CC1(C)C. The highest BCUT2D eigenvalue weighted by atomic mass is 16.5. The van der Waals surface area contributed by atoms with Gasteiger partial charge in [-0.15, -0.1) is 0 Å². The second kappa shape index (κ2) is 5.51. The molecule has 0 aromatic heterocycles.